The number of benzene rings is 2. The molecule has 1 heterocycles. The molecule has 3 aromatic rings. The van der Waals surface area contributed by atoms with Crippen molar-refractivity contribution >= 4 is 11.6 Å². The van der Waals surface area contributed by atoms with Crippen molar-refractivity contribution in [2.75, 3.05) is 5.32 Å². The van der Waals surface area contributed by atoms with Gasteiger partial charge in [-0.1, -0.05) is 18.2 Å². The standard InChI is InChI=1S/C21H19FN4O/c22-18-4-2-1-3-15(18)16-11-17(16)21(27)23-14-9-7-13(8-10-14)20-24-19(25-26-20)12-5-6-12/h1-4,7-10,12,16-17H,5-6,11H2,(H,23,27)(H,24,25,26). The van der Waals surface area contributed by atoms with E-state index >= 15 is 0 Å². The van der Waals surface area contributed by atoms with Gasteiger partial charge in [-0.25, -0.2) is 9.37 Å². The highest BCUT2D eigenvalue weighted by Gasteiger charge is 2.45. The number of anilines is 1. The molecule has 0 radical (unpaired) electrons. The summed E-state index contributed by atoms with van der Waals surface area (Å²) < 4.78 is 13.9. The average Bonchev–Trinajstić information content (AvgIpc) is 3.61. The van der Waals surface area contributed by atoms with E-state index in [1.165, 1.54) is 18.9 Å². The summed E-state index contributed by atoms with van der Waals surface area (Å²) in [6.07, 6.45) is 3.04. The molecule has 6 heteroatoms. The van der Waals surface area contributed by atoms with Crippen LogP contribution in [0, 0.1) is 11.7 Å². The lowest BCUT2D eigenvalue weighted by Gasteiger charge is -2.06. The van der Waals surface area contributed by atoms with Gasteiger partial charge < -0.3 is 5.32 Å². The van der Waals surface area contributed by atoms with Crippen molar-refractivity contribution in [3.8, 4) is 11.4 Å². The second kappa shape index (κ2) is 6.30. The van der Waals surface area contributed by atoms with Crippen LogP contribution in [0.15, 0.2) is 48.5 Å². The van der Waals surface area contributed by atoms with Crippen molar-refractivity contribution in [1.29, 1.82) is 0 Å². The molecule has 2 aromatic carbocycles. The molecule has 2 aliphatic carbocycles. The molecule has 1 amide bonds. The first-order valence-corrected chi connectivity index (χ1v) is 9.27. The number of carbonyl (C=O) groups is 1. The van der Waals surface area contributed by atoms with E-state index in [0.717, 1.165) is 17.1 Å². The molecule has 2 N–H and O–H groups in total. The molecule has 136 valence electrons. The molecule has 2 saturated carbocycles. The van der Waals surface area contributed by atoms with Gasteiger partial charge in [-0.15, -0.1) is 0 Å². The summed E-state index contributed by atoms with van der Waals surface area (Å²) in [7, 11) is 0. The average molecular weight is 362 g/mol. The fourth-order valence-corrected chi connectivity index (χ4v) is 3.48. The SMILES string of the molecule is O=C(Nc1ccc(-c2n[nH]c(C3CC3)n2)cc1)C1CC1c1ccccc1F. The Labute approximate surface area is 156 Å². The normalized spacial score (nSPS) is 21.1. The van der Waals surface area contributed by atoms with Gasteiger partial charge in [-0.05, 0) is 61.1 Å². The zero-order valence-corrected chi connectivity index (χ0v) is 14.7. The van der Waals surface area contributed by atoms with Crippen molar-refractivity contribution in [2.45, 2.75) is 31.1 Å². The molecule has 0 spiro atoms. The van der Waals surface area contributed by atoms with E-state index < -0.39 is 0 Å². The van der Waals surface area contributed by atoms with Gasteiger partial charge in [0.1, 0.15) is 11.6 Å². The molecule has 27 heavy (non-hydrogen) atoms. The van der Waals surface area contributed by atoms with Crippen molar-refractivity contribution < 1.29 is 9.18 Å². The van der Waals surface area contributed by atoms with Gasteiger partial charge in [0, 0.05) is 23.1 Å². The van der Waals surface area contributed by atoms with Gasteiger partial charge in [-0.3, -0.25) is 9.89 Å². The highest BCUT2D eigenvalue weighted by Crippen LogP contribution is 2.48. The highest BCUT2D eigenvalue weighted by molar-refractivity contribution is 5.95. The fourth-order valence-electron chi connectivity index (χ4n) is 3.48. The number of amides is 1. The van der Waals surface area contributed by atoms with Crippen LogP contribution in [0.25, 0.3) is 11.4 Å². The monoisotopic (exact) mass is 362 g/mol. The predicted octanol–water partition coefficient (Wildman–Crippen LogP) is 4.23. The number of H-pyrrole nitrogens is 1. The smallest absolute Gasteiger partial charge is 0.228 e. The third-order valence-corrected chi connectivity index (χ3v) is 5.31. The van der Waals surface area contributed by atoms with Crippen molar-refractivity contribution in [3.63, 3.8) is 0 Å². The maximum atomic E-state index is 13.9. The number of nitrogens with zero attached hydrogens (tertiary/aromatic N) is 2. The minimum absolute atomic E-state index is 0.0282. The first-order chi connectivity index (χ1) is 13.2. The lowest BCUT2D eigenvalue weighted by atomic mass is 10.1. The second-order valence-electron chi connectivity index (χ2n) is 7.36. The van der Waals surface area contributed by atoms with Crippen LogP contribution in [0.5, 0.6) is 0 Å². The van der Waals surface area contributed by atoms with E-state index in [1.807, 2.05) is 30.3 Å². The summed E-state index contributed by atoms with van der Waals surface area (Å²) in [5, 5.41) is 10.2. The third-order valence-electron chi connectivity index (χ3n) is 5.31. The second-order valence-corrected chi connectivity index (χ2v) is 7.36. The maximum absolute atomic E-state index is 13.9. The largest absolute Gasteiger partial charge is 0.326 e. The number of hydrogen-bond acceptors (Lipinski definition) is 3. The molecular formula is C21H19FN4O. The van der Waals surface area contributed by atoms with Gasteiger partial charge in [-0.2, -0.15) is 5.10 Å². The molecule has 5 rings (SSSR count). The molecular weight excluding hydrogens is 343 g/mol. The third kappa shape index (κ3) is 3.23. The van der Waals surface area contributed by atoms with Gasteiger partial charge in [0.25, 0.3) is 0 Å². The Morgan fingerprint density at radius 1 is 1.11 bits per heavy atom. The molecule has 0 saturated heterocycles. The van der Waals surface area contributed by atoms with Crippen LogP contribution >= 0.6 is 0 Å². The Balaban J connectivity index is 1.23. The van der Waals surface area contributed by atoms with Crippen molar-refractivity contribution in [2.24, 2.45) is 5.92 Å². The van der Waals surface area contributed by atoms with Gasteiger partial charge in [0.15, 0.2) is 5.82 Å². The van der Waals surface area contributed by atoms with E-state index in [2.05, 4.69) is 20.5 Å². The van der Waals surface area contributed by atoms with Crippen LogP contribution in [0.4, 0.5) is 10.1 Å². The van der Waals surface area contributed by atoms with Crippen LogP contribution in [-0.2, 0) is 4.79 Å². The van der Waals surface area contributed by atoms with E-state index in [0.29, 0.717) is 23.7 Å². The molecule has 2 aliphatic rings. The predicted molar refractivity (Wildman–Crippen MR) is 99.7 cm³/mol. The summed E-state index contributed by atoms with van der Waals surface area (Å²) >= 11 is 0. The number of aromatic amines is 1. The molecule has 5 nitrogen and oxygen atoms in total. The van der Waals surface area contributed by atoms with Gasteiger partial charge in [0.2, 0.25) is 5.91 Å². The van der Waals surface area contributed by atoms with Gasteiger partial charge >= 0.3 is 0 Å². The zero-order valence-electron chi connectivity index (χ0n) is 14.7. The topological polar surface area (TPSA) is 70.7 Å². The summed E-state index contributed by atoms with van der Waals surface area (Å²) in [4.78, 5) is 17.0. The molecule has 0 aliphatic heterocycles. The number of halogens is 1. The van der Waals surface area contributed by atoms with Crippen LogP contribution in [0.2, 0.25) is 0 Å². The van der Waals surface area contributed by atoms with Crippen LogP contribution < -0.4 is 5.32 Å². The minimum atomic E-state index is -0.237. The first-order valence-electron chi connectivity index (χ1n) is 9.27. The van der Waals surface area contributed by atoms with E-state index in [1.54, 1.807) is 12.1 Å². The van der Waals surface area contributed by atoms with Gasteiger partial charge in [0.05, 0.1) is 0 Å². The Morgan fingerprint density at radius 2 is 1.89 bits per heavy atom. The maximum Gasteiger partial charge on any atom is 0.228 e. The van der Waals surface area contributed by atoms with Crippen LogP contribution in [-0.4, -0.2) is 21.1 Å². The summed E-state index contributed by atoms with van der Waals surface area (Å²) in [5.74, 6) is 1.66. The highest BCUT2D eigenvalue weighted by atomic mass is 19.1. The lowest BCUT2D eigenvalue weighted by Crippen LogP contribution is -2.14. The quantitative estimate of drug-likeness (QED) is 0.713. The number of aromatic nitrogens is 3. The van der Waals surface area contributed by atoms with E-state index in [-0.39, 0.29) is 23.6 Å². The minimum Gasteiger partial charge on any atom is -0.326 e. The zero-order chi connectivity index (χ0) is 18.4. The van der Waals surface area contributed by atoms with E-state index in [9.17, 15) is 9.18 Å². The summed E-state index contributed by atoms with van der Waals surface area (Å²) in [6.45, 7) is 0. The Bertz CT molecular complexity index is 993. The number of nitrogens with one attached hydrogen (secondary N) is 2. The Morgan fingerprint density at radius 3 is 2.63 bits per heavy atom. The summed E-state index contributed by atoms with van der Waals surface area (Å²) in [5.41, 5.74) is 2.26. The molecule has 2 atom stereocenters. The van der Waals surface area contributed by atoms with Crippen LogP contribution in [0.1, 0.15) is 42.5 Å². The first kappa shape index (κ1) is 16.2. The van der Waals surface area contributed by atoms with E-state index in [4.69, 9.17) is 0 Å². The van der Waals surface area contributed by atoms with Crippen LogP contribution in [0.3, 0.4) is 0 Å². The summed E-state index contributed by atoms with van der Waals surface area (Å²) in [6, 6.07) is 14.2. The fraction of sp³-hybridized carbons (Fsp3) is 0.286. The molecule has 1 aromatic heterocycles. The Kier molecular flexibility index (Phi) is 3.77. The number of carbonyl (C=O) groups excluding carboxylic acids is 1. The lowest BCUT2D eigenvalue weighted by molar-refractivity contribution is -0.117. The molecule has 0 bridgehead atoms. The number of rotatable bonds is 5. The molecule has 2 unspecified atom stereocenters. The molecule has 2 fully saturated rings. The Hall–Kier alpha value is -3.02. The van der Waals surface area contributed by atoms with Crippen molar-refractivity contribution in [3.05, 3.63) is 65.7 Å². The van der Waals surface area contributed by atoms with Crippen molar-refractivity contribution in [1.82, 2.24) is 15.2 Å². The number of hydrogen-bond donors (Lipinski definition) is 2.